The van der Waals surface area contributed by atoms with Crippen LogP contribution < -0.4 is 15.6 Å². The van der Waals surface area contributed by atoms with E-state index in [4.69, 9.17) is 4.74 Å². The molecule has 1 aromatic heterocycles. The van der Waals surface area contributed by atoms with Gasteiger partial charge in [0.1, 0.15) is 11.6 Å². The van der Waals surface area contributed by atoms with Crippen LogP contribution in [-0.2, 0) is 17.6 Å². The fourth-order valence-electron chi connectivity index (χ4n) is 4.24. The molecule has 160 valence electrons. The molecule has 1 heterocycles. The van der Waals surface area contributed by atoms with Crippen molar-refractivity contribution in [3.63, 3.8) is 0 Å². The summed E-state index contributed by atoms with van der Waals surface area (Å²) in [5, 5.41) is 3.01. The number of hydrogen-bond donors (Lipinski definition) is 2. The van der Waals surface area contributed by atoms with Crippen LogP contribution in [0.3, 0.4) is 0 Å². The molecule has 0 aliphatic heterocycles. The van der Waals surface area contributed by atoms with Crippen molar-refractivity contribution < 1.29 is 9.53 Å². The van der Waals surface area contributed by atoms with Crippen LogP contribution >= 0.6 is 0 Å². The van der Waals surface area contributed by atoms with Gasteiger partial charge >= 0.3 is 0 Å². The molecule has 2 N–H and O–H groups in total. The number of rotatable bonds is 6. The number of anilines is 1. The molecule has 2 aromatic carbocycles. The molecule has 4 rings (SSSR count). The molecule has 6 nitrogen and oxygen atoms in total. The minimum absolute atomic E-state index is 0.0189. The lowest BCUT2D eigenvalue weighted by Gasteiger charge is -2.25. The molecule has 1 aliphatic carbocycles. The molecule has 0 radical (unpaired) electrons. The van der Waals surface area contributed by atoms with Crippen molar-refractivity contribution in [3.8, 4) is 17.1 Å². The Morgan fingerprint density at radius 3 is 2.90 bits per heavy atom. The maximum absolute atomic E-state index is 12.8. The van der Waals surface area contributed by atoms with E-state index < -0.39 is 0 Å². The smallest absolute Gasteiger partial charge is 0.251 e. The van der Waals surface area contributed by atoms with Gasteiger partial charge in [-0.1, -0.05) is 25.1 Å². The number of carbonyl (C=O) groups is 1. The van der Waals surface area contributed by atoms with Crippen LogP contribution in [-0.4, -0.2) is 23.0 Å². The topological polar surface area (TPSA) is 84.1 Å². The Morgan fingerprint density at radius 2 is 2.10 bits per heavy atom. The third-order valence-corrected chi connectivity index (χ3v) is 5.80. The lowest BCUT2D eigenvalue weighted by atomic mass is 9.81. The first-order valence-electron chi connectivity index (χ1n) is 10.7. The molecule has 0 saturated heterocycles. The standard InChI is InChI=1S/C25H27N3O3/c1-3-19-15-24(30)28-25(27-19)18-8-5-9-20(12-18)26-23(29)14-17-7-4-6-16-13-21(31-2)10-11-22(16)17/h5,8-13,15,17H,3-4,6-7,14H2,1-2H3,(H,26,29)(H,27,28,30). The van der Waals surface area contributed by atoms with Gasteiger partial charge in [0.15, 0.2) is 0 Å². The highest BCUT2D eigenvalue weighted by Crippen LogP contribution is 2.36. The van der Waals surface area contributed by atoms with E-state index in [1.165, 1.54) is 17.2 Å². The van der Waals surface area contributed by atoms with Crippen molar-refractivity contribution in [2.75, 3.05) is 12.4 Å². The van der Waals surface area contributed by atoms with Gasteiger partial charge in [0, 0.05) is 29.4 Å². The molecule has 31 heavy (non-hydrogen) atoms. The van der Waals surface area contributed by atoms with E-state index in [-0.39, 0.29) is 17.4 Å². The van der Waals surface area contributed by atoms with Gasteiger partial charge in [-0.2, -0.15) is 0 Å². The fourth-order valence-corrected chi connectivity index (χ4v) is 4.24. The van der Waals surface area contributed by atoms with E-state index in [0.29, 0.717) is 24.4 Å². The van der Waals surface area contributed by atoms with Crippen LogP contribution in [0.4, 0.5) is 5.69 Å². The number of aromatic amines is 1. The molecule has 6 heteroatoms. The molecule has 1 aliphatic rings. The first-order chi connectivity index (χ1) is 15.1. The number of aryl methyl sites for hydroxylation is 2. The Balaban J connectivity index is 1.49. The SMILES string of the molecule is CCc1cc(=O)[nH]c(-c2cccc(NC(=O)CC3CCCc4cc(OC)ccc43)c2)n1. The molecule has 0 bridgehead atoms. The predicted octanol–water partition coefficient (Wildman–Crippen LogP) is 4.46. The number of carbonyl (C=O) groups excluding carboxylic acids is 1. The summed E-state index contributed by atoms with van der Waals surface area (Å²) < 4.78 is 5.34. The normalized spacial score (nSPS) is 15.2. The third kappa shape index (κ3) is 4.85. The van der Waals surface area contributed by atoms with Crippen LogP contribution in [0.15, 0.2) is 53.3 Å². The second-order valence-corrected chi connectivity index (χ2v) is 7.93. The minimum atomic E-state index is -0.177. The Hall–Kier alpha value is -3.41. The first kappa shape index (κ1) is 20.8. The van der Waals surface area contributed by atoms with Crippen LogP contribution in [0, 0.1) is 0 Å². The monoisotopic (exact) mass is 417 g/mol. The van der Waals surface area contributed by atoms with E-state index in [1.807, 2.05) is 37.3 Å². The van der Waals surface area contributed by atoms with Gasteiger partial charge in [-0.25, -0.2) is 4.98 Å². The van der Waals surface area contributed by atoms with E-state index >= 15 is 0 Å². The second-order valence-electron chi connectivity index (χ2n) is 7.93. The average molecular weight is 418 g/mol. The highest BCUT2D eigenvalue weighted by Gasteiger charge is 2.23. The van der Waals surface area contributed by atoms with Gasteiger partial charge in [-0.3, -0.25) is 9.59 Å². The maximum Gasteiger partial charge on any atom is 0.251 e. The zero-order valence-corrected chi connectivity index (χ0v) is 17.9. The maximum atomic E-state index is 12.8. The Kier molecular flexibility index (Phi) is 6.16. The van der Waals surface area contributed by atoms with Crippen molar-refractivity contribution in [3.05, 3.63) is 75.7 Å². The molecule has 0 saturated carbocycles. The van der Waals surface area contributed by atoms with Gasteiger partial charge in [0.2, 0.25) is 5.91 Å². The van der Waals surface area contributed by atoms with Gasteiger partial charge < -0.3 is 15.0 Å². The molecule has 1 unspecified atom stereocenters. The lowest BCUT2D eigenvalue weighted by molar-refractivity contribution is -0.116. The molecular weight excluding hydrogens is 390 g/mol. The quantitative estimate of drug-likeness (QED) is 0.620. The van der Waals surface area contributed by atoms with E-state index in [9.17, 15) is 9.59 Å². The van der Waals surface area contributed by atoms with Crippen LogP contribution in [0.1, 0.15) is 48.9 Å². The van der Waals surface area contributed by atoms with Gasteiger partial charge in [-0.05, 0) is 67.0 Å². The number of fused-ring (bicyclic) bond motifs is 1. The van der Waals surface area contributed by atoms with Crippen LogP contribution in [0.2, 0.25) is 0 Å². The molecule has 1 atom stereocenters. The summed E-state index contributed by atoms with van der Waals surface area (Å²) in [6.45, 7) is 1.96. The molecule has 0 spiro atoms. The number of nitrogens with zero attached hydrogens (tertiary/aromatic N) is 1. The van der Waals surface area contributed by atoms with E-state index in [1.54, 1.807) is 7.11 Å². The first-order valence-corrected chi connectivity index (χ1v) is 10.7. The summed E-state index contributed by atoms with van der Waals surface area (Å²) >= 11 is 0. The number of methoxy groups -OCH3 is 1. The number of aromatic nitrogens is 2. The molecular formula is C25H27N3O3. The van der Waals surface area contributed by atoms with Crippen molar-refractivity contribution in [2.45, 2.75) is 44.9 Å². The summed E-state index contributed by atoms with van der Waals surface area (Å²) in [4.78, 5) is 32.0. The molecule has 3 aromatic rings. The summed E-state index contributed by atoms with van der Waals surface area (Å²) in [5.41, 5.74) is 4.54. The number of nitrogens with one attached hydrogen (secondary N) is 2. The largest absolute Gasteiger partial charge is 0.497 e. The number of amides is 1. The second kappa shape index (κ2) is 9.16. The Bertz CT molecular complexity index is 1150. The Morgan fingerprint density at radius 1 is 1.23 bits per heavy atom. The van der Waals surface area contributed by atoms with Gasteiger partial charge in [0.25, 0.3) is 5.56 Å². The zero-order valence-electron chi connectivity index (χ0n) is 17.9. The molecule has 0 fully saturated rings. The van der Waals surface area contributed by atoms with Crippen LogP contribution in [0.25, 0.3) is 11.4 Å². The van der Waals surface area contributed by atoms with E-state index in [0.717, 1.165) is 36.3 Å². The predicted molar refractivity (Wildman–Crippen MR) is 122 cm³/mol. The number of ether oxygens (including phenoxy) is 1. The summed E-state index contributed by atoms with van der Waals surface area (Å²) in [7, 11) is 1.67. The van der Waals surface area contributed by atoms with Crippen molar-refractivity contribution >= 4 is 11.6 Å². The number of benzene rings is 2. The summed E-state index contributed by atoms with van der Waals surface area (Å²) in [6, 6.07) is 15.1. The van der Waals surface area contributed by atoms with Crippen molar-refractivity contribution in [2.24, 2.45) is 0 Å². The highest BCUT2D eigenvalue weighted by atomic mass is 16.5. The average Bonchev–Trinajstić information content (AvgIpc) is 2.78. The summed E-state index contributed by atoms with van der Waals surface area (Å²) in [6.07, 6.45) is 4.21. The molecule has 1 amide bonds. The van der Waals surface area contributed by atoms with Gasteiger partial charge in [-0.15, -0.1) is 0 Å². The van der Waals surface area contributed by atoms with Crippen LogP contribution in [0.5, 0.6) is 5.75 Å². The number of hydrogen-bond acceptors (Lipinski definition) is 4. The van der Waals surface area contributed by atoms with Gasteiger partial charge in [0.05, 0.1) is 7.11 Å². The van der Waals surface area contributed by atoms with E-state index in [2.05, 4.69) is 27.4 Å². The fraction of sp³-hybridized carbons (Fsp3) is 0.320. The minimum Gasteiger partial charge on any atom is -0.497 e. The summed E-state index contributed by atoms with van der Waals surface area (Å²) in [5.74, 6) is 1.56. The zero-order chi connectivity index (χ0) is 21.8. The Labute approximate surface area is 181 Å². The number of H-pyrrole nitrogens is 1. The third-order valence-electron chi connectivity index (χ3n) is 5.80. The lowest BCUT2D eigenvalue weighted by Crippen LogP contribution is -2.19. The van der Waals surface area contributed by atoms with Crippen molar-refractivity contribution in [1.82, 2.24) is 9.97 Å². The van der Waals surface area contributed by atoms with Crippen molar-refractivity contribution in [1.29, 1.82) is 0 Å². The highest BCUT2D eigenvalue weighted by molar-refractivity contribution is 5.92.